The lowest BCUT2D eigenvalue weighted by Crippen LogP contribution is -2.56. The van der Waals surface area contributed by atoms with Gasteiger partial charge in [-0.05, 0) is 31.0 Å². The van der Waals surface area contributed by atoms with E-state index in [9.17, 15) is 13.2 Å². The summed E-state index contributed by atoms with van der Waals surface area (Å²) in [6, 6.07) is 6.25. The van der Waals surface area contributed by atoms with Crippen molar-refractivity contribution in [3.8, 4) is 0 Å². The molecule has 1 N–H and O–H groups in total. The number of nitrogens with zero attached hydrogens (tertiary/aromatic N) is 3. The van der Waals surface area contributed by atoms with Crippen LogP contribution in [0.25, 0.3) is 0 Å². The van der Waals surface area contributed by atoms with Gasteiger partial charge >= 0.3 is 6.18 Å². The zero-order valence-electron chi connectivity index (χ0n) is 14.5. The van der Waals surface area contributed by atoms with Crippen LogP contribution in [0.3, 0.4) is 0 Å². The van der Waals surface area contributed by atoms with Crippen molar-refractivity contribution >= 4 is 17.6 Å². The molecule has 4 nitrogen and oxygen atoms in total. The van der Waals surface area contributed by atoms with Gasteiger partial charge in [0.1, 0.15) is 6.04 Å². The van der Waals surface area contributed by atoms with E-state index in [-0.39, 0.29) is 0 Å². The normalized spacial score (nSPS) is 18.3. The van der Waals surface area contributed by atoms with Crippen LogP contribution in [0.2, 0.25) is 5.02 Å². The molecule has 0 spiro atoms. The molecule has 1 atom stereocenters. The highest BCUT2D eigenvalue weighted by Crippen LogP contribution is 2.25. The van der Waals surface area contributed by atoms with E-state index in [1.807, 2.05) is 29.2 Å². The van der Waals surface area contributed by atoms with Crippen LogP contribution in [0, 0.1) is 0 Å². The highest BCUT2D eigenvalue weighted by atomic mass is 35.5. The number of piperazine rings is 1. The Bertz CT molecular complexity index is 566. The number of nitrogens with one attached hydrogen (secondary N) is 1. The van der Waals surface area contributed by atoms with Crippen LogP contribution in [0.15, 0.2) is 29.3 Å². The smallest absolute Gasteiger partial charge is 0.356 e. The van der Waals surface area contributed by atoms with E-state index in [1.165, 1.54) is 11.8 Å². The van der Waals surface area contributed by atoms with Crippen LogP contribution in [0.4, 0.5) is 13.2 Å². The van der Waals surface area contributed by atoms with Gasteiger partial charge in [0, 0.05) is 44.8 Å². The van der Waals surface area contributed by atoms with Crippen molar-refractivity contribution in [2.24, 2.45) is 4.99 Å². The molecule has 1 aliphatic heterocycles. The van der Waals surface area contributed by atoms with Crippen LogP contribution in [-0.2, 0) is 6.42 Å². The van der Waals surface area contributed by atoms with Gasteiger partial charge in [0.15, 0.2) is 5.96 Å². The Labute approximate surface area is 151 Å². The first-order valence-corrected chi connectivity index (χ1v) is 8.70. The molecule has 0 saturated carbocycles. The molecule has 1 fully saturated rings. The van der Waals surface area contributed by atoms with Gasteiger partial charge in [-0.1, -0.05) is 23.7 Å². The fraction of sp³-hybridized carbons (Fsp3) is 0.588. The first-order valence-electron chi connectivity index (χ1n) is 8.32. The van der Waals surface area contributed by atoms with Crippen molar-refractivity contribution in [1.82, 2.24) is 15.1 Å². The maximum atomic E-state index is 12.8. The fourth-order valence-electron chi connectivity index (χ4n) is 2.83. The lowest BCUT2D eigenvalue weighted by molar-refractivity contribution is -0.181. The summed E-state index contributed by atoms with van der Waals surface area (Å²) in [4.78, 5) is 7.72. The van der Waals surface area contributed by atoms with Crippen molar-refractivity contribution in [3.05, 3.63) is 34.9 Å². The monoisotopic (exact) mass is 376 g/mol. The van der Waals surface area contributed by atoms with Crippen LogP contribution in [0.5, 0.6) is 0 Å². The maximum Gasteiger partial charge on any atom is 0.403 e. The molecule has 0 aromatic heterocycles. The lowest BCUT2D eigenvalue weighted by Gasteiger charge is -2.39. The number of benzene rings is 1. The summed E-state index contributed by atoms with van der Waals surface area (Å²) in [5.41, 5.74) is 1.16. The fourth-order valence-corrected chi connectivity index (χ4v) is 2.96. The number of rotatable bonds is 4. The van der Waals surface area contributed by atoms with Gasteiger partial charge in [0.05, 0.1) is 0 Å². The van der Waals surface area contributed by atoms with Crippen molar-refractivity contribution in [1.29, 1.82) is 0 Å². The average molecular weight is 377 g/mol. The number of hydrogen-bond acceptors (Lipinski definition) is 2. The largest absolute Gasteiger partial charge is 0.403 e. The van der Waals surface area contributed by atoms with Crippen molar-refractivity contribution in [2.45, 2.75) is 25.6 Å². The molecule has 0 amide bonds. The van der Waals surface area contributed by atoms with Gasteiger partial charge in [-0.3, -0.25) is 9.89 Å². The van der Waals surface area contributed by atoms with Gasteiger partial charge in [-0.25, -0.2) is 0 Å². The van der Waals surface area contributed by atoms with Crippen LogP contribution in [0.1, 0.15) is 12.5 Å². The predicted molar refractivity (Wildman–Crippen MR) is 95.2 cm³/mol. The SMILES string of the molecule is CN=C(NCCc1ccc(Cl)cc1)N1CCN(C(C)C(F)(F)F)CC1. The van der Waals surface area contributed by atoms with Crippen molar-refractivity contribution < 1.29 is 13.2 Å². The Morgan fingerprint density at radius 2 is 1.80 bits per heavy atom. The minimum atomic E-state index is -4.18. The topological polar surface area (TPSA) is 30.9 Å². The summed E-state index contributed by atoms with van der Waals surface area (Å²) in [5, 5.41) is 3.99. The molecule has 8 heteroatoms. The molecule has 1 saturated heterocycles. The minimum Gasteiger partial charge on any atom is -0.356 e. The summed E-state index contributed by atoms with van der Waals surface area (Å²) in [7, 11) is 1.69. The highest BCUT2D eigenvalue weighted by molar-refractivity contribution is 6.30. The van der Waals surface area contributed by atoms with Crippen LogP contribution in [-0.4, -0.2) is 67.7 Å². The van der Waals surface area contributed by atoms with Gasteiger partial charge < -0.3 is 10.2 Å². The zero-order chi connectivity index (χ0) is 18.4. The molecular formula is C17H24ClF3N4. The zero-order valence-corrected chi connectivity index (χ0v) is 15.2. The third-order valence-electron chi connectivity index (χ3n) is 4.46. The molecule has 2 rings (SSSR count). The number of aliphatic imine (C=N–C) groups is 1. The first-order chi connectivity index (χ1) is 11.8. The first kappa shape index (κ1) is 19.8. The third-order valence-corrected chi connectivity index (χ3v) is 4.71. The molecule has 1 aromatic carbocycles. The van der Waals surface area contributed by atoms with E-state index >= 15 is 0 Å². The lowest BCUT2D eigenvalue weighted by atomic mass is 10.1. The average Bonchev–Trinajstić information content (AvgIpc) is 2.59. The molecule has 25 heavy (non-hydrogen) atoms. The Morgan fingerprint density at radius 3 is 2.32 bits per heavy atom. The molecule has 1 heterocycles. The second kappa shape index (κ2) is 8.76. The Morgan fingerprint density at radius 1 is 1.20 bits per heavy atom. The number of hydrogen-bond donors (Lipinski definition) is 1. The molecule has 0 radical (unpaired) electrons. The Kier molecular flexibility index (Phi) is 6.95. The summed E-state index contributed by atoms with van der Waals surface area (Å²) < 4.78 is 38.4. The second-order valence-corrected chi connectivity index (χ2v) is 6.53. The number of guanidine groups is 1. The molecular weight excluding hydrogens is 353 g/mol. The van der Waals surface area contributed by atoms with E-state index in [0.29, 0.717) is 37.7 Å². The molecule has 1 aliphatic rings. The Hall–Kier alpha value is -1.47. The minimum absolute atomic E-state index is 0.374. The number of alkyl halides is 3. The quantitative estimate of drug-likeness (QED) is 0.647. The standard InChI is InChI=1S/C17H24ClF3N4/c1-13(17(19,20)21)24-9-11-25(12-10-24)16(22-2)23-8-7-14-3-5-15(18)6-4-14/h3-6,13H,7-12H2,1-2H3,(H,22,23). The molecule has 0 bridgehead atoms. The molecule has 0 aliphatic carbocycles. The van der Waals surface area contributed by atoms with Gasteiger partial charge in [0.2, 0.25) is 0 Å². The van der Waals surface area contributed by atoms with E-state index in [4.69, 9.17) is 11.6 Å². The summed E-state index contributed by atoms with van der Waals surface area (Å²) in [6.07, 6.45) is -3.36. The summed E-state index contributed by atoms with van der Waals surface area (Å²) in [5.74, 6) is 0.730. The van der Waals surface area contributed by atoms with Crippen LogP contribution >= 0.6 is 11.6 Å². The van der Waals surface area contributed by atoms with Gasteiger partial charge in [-0.15, -0.1) is 0 Å². The van der Waals surface area contributed by atoms with E-state index in [1.54, 1.807) is 7.05 Å². The van der Waals surface area contributed by atoms with E-state index < -0.39 is 12.2 Å². The summed E-state index contributed by atoms with van der Waals surface area (Å²) >= 11 is 5.87. The second-order valence-electron chi connectivity index (χ2n) is 6.09. The van der Waals surface area contributed by atoms with Crippen molar-refractivity contribution in [3.63, 3.8) is 0 Å². The third kappa shape index (κ3) is 5.78. The highest BCUT2D eigenvalue weighted by Gasteiger charge is 2.41. The van der Waals surface area contributed by atoms with Crippen LogP contribution < -0.4 is 5.32 Å². The van der Waals surface area contributed by atoms with E-state index in [2.05, 4.69) is 10.3 Å². The molecule has 140 valence electrons. The van der Waals surface area contributed by atoms with Gasteiger partial charge in [-0.2, -0.15) is 13.2 Å². The maximum absolute atomic E-state index is 12.8. The number of halogens is 4. The molecule has 1 aromatic rings. The summed E-state index contributed by atoms with van der Waals surface area (Å²) in [6.45, 7) is 3.72. The van der Waals surface area contributed by atoms with E-state index in [0.717, 1.165) is 17.9 Å². The predicted octanol–water partition coefficient (Wildman–Crippen LogP) is 3.03. The molecule has 1 unspecified atom stereocenters. The Balaban J connectivity index is 1.79. The van der Waals surface area contributed by atoms with Crippen molar-refractivity contribution in [2.75, 3.05) is 39.8 Å². The van der Waals surface area contributed by atoms with Gasteiger partial charge in [0.25, 0.3) is 0 Å².